The minimum absolute atomic E-state index is 0.111. The van der Waals surface area contributed by atoms with E-state index < -0.39 is 22.5 Å². The van der Waals surface area contributed by atoms with Crippen LogP contribution in [0.3, 0.4) is 0 Å². The number of fused-ring (bicyclic) bond motifs is 1. The molecule has 0 atom stereocenters. The third-order valence-electron chi connectivity index (χ3n) is 3.41. The number of benzene rings is 2. The van der Waals surface area contributed by atoms with Crippen molar-refractivity contribution in [2.45, 2.75) is 6.18 Å². The van der Waals surface area contributed by atoms with E-state index in [2.05, 4.69) is 5.10 Å². The lowest BCUT2D eigenvalue weighted by atomic mass is 10.1. The fraction of sp³-hybridized carbons (Fsp3) is 0.0625. The number of rotatable bonds is 2. The smallest absolute Gasteiger partial charge is 0.274 e. The Balaban J connectivity index is 2.34. The molecule has 3 aromatic rings. The van der Waals surface area contributed by atoms with Crippen LogP contribution in [-0.4, -0.2) is 15.0 Å². The van der Waals surface area contributed by atoms with Gasteiger partial charge in [-0.1, -0.05) is 24.3 Å². The summed E-state index contributed by atoms with van der Waals surface area (Å²) in [6.07, 6.45) is -4.57. The highest BCUT2D eigenvalue weighted by Crippen LogP contribution is 2.30. The lowest BCUT2D eigenvalue weighted by molar-refractivity contribution is -0.137. The average molecular weight is 353 g/mol. The Labute approximate surface area is 138 Å². The fourth-order valence-corrected chi connectivity index (χ4v) is 2.46. The van der Waals surface area contributed by atoms with E-state index >= 15 is 0 Å². The molecule has 0 radical (unpaired) electrons. The molecule has 3 rings (SSSR count). The van der Waals surface area contributed by atoms with Crippen molar-refractivity contribution in [1.29, 1.82) is 0 Å². The van der Waals surface area contributed by atoms with Crippen molar-refractivity contribution in [2.24, 2.45) is 0 Å². The quantitative estimate of drug-likeness (QED) is 0.659. The Kier molecular flexibility index (Phi) is 3.88. The molecule has 1 heterocycles. The third kappa shape index (κ3) is 2.78. The predicted octanol–water partition coefficient (Wildman–Crippen LogP) is 3.78. The third-order valence-corrected chi connectivity index (χ3v) is 3.59. The predicted molar refractivity (Wildman–Crippen MR) is 82.5 cm³/mol. The number of aromatic nitrogens is 2. The first-order valence-electron chi connectivity index (χ1n) is 6.68. The van der Waals surface area contributed by atoms with Crippen molar-refractivity contribution < 1.29 is 18.0 Å². The second kappa shape index (κ2) is 5.76. The van der Waals surface area contributed by atoms with Crippen LogP contribution in [0.2, 0.25) is 0 Å². The molecule has 0 N–H and O–H groups in total. The Morgan fingerprint density at radius 1 is 1.04 bits per heavy atom. The van der Waals surface area contributed by atoms with Gasteiger partial charge in [0, 0.05) is 5.39 Å². The van der Waals surface area contributed by atoms with Crippen LogP contribution < -0.4 is 5.56 Å². The van der Waals surface area contributed by atoms with Gasteiger partial charge in [0.05, 0.1) is 16.6 Å². The molecule has 4 nitrogen and oxygen atoms in total. The summed E-state index contributed by atoms with van der Waals surface area (Å²) in [4.78, 5) is 24.1. The maximum absolute atomic E-state index is 12.9. The highest BCUT2D eigenvalue weighted by atomic mass is 35.5. The Morgan fingerprint density at radius 2 is 1.71 bits per heavy atom. The maximum atomic E-state index is 12.9. The van der Waals surface area contributed by atoms with E-state index in [0.29, 0.717) is 0 Å². The molecule has 0 fully saturated rings. The molecule has 8 heteroatoms. The van der Waals surface area contributed by atoms with E-state index in [4.69, 9.17) is 11.6 Å². The van der Waals surface area contributed by atoms with Crippen molar-refractivity contribution in [3.63, 3.8) is 0 Å². The summed E-state index contributed by atoms with van der Waals surface area (Å²) < 4.78 is 39.3. The van der Waals surface area contributed by atoms with Gasteiger partial charge in [-0.3, -0.25) is 9.59 Å². The van der Waals surface area contributed by atoms with Crippen LogP contribution in [0.5, 0.6) is 0 Å². The van der Waals surface area contributed by atoms with Gasteiger partial charge in [0.1, 0.15) is 0 Å². The van der Waals surface area contributed by atoms with Gasteiger partial charge in [-0.25, -0.2) is 0 Å². The van der Waals surface area contributed by atoms with Crippen LogP contribution >= 0.6 is 11.6 Å². The largest absolute Gasteiger partial charge is 0.416 e. The molecule has 1 aromatic heterocycles. The fourth-order valence-electron chi connectivity index (χ4n) is 2.32. The van der Waals surface area contributed by atoms with Crippen molar-refractivity contribution >= 4 is 27.6 Å². The molecule has 2 aromatic carbocycles. The van der Waals surface area contributed by atoms with Crippen molar-refractivity contribution in [2.75, 3.05) is 0 Å². The van der Waals surface area contributed by atoms with Crippen LogP contribution in [0.25, 0.3) is 16.5 Å². The molecule has 0 saturated carbocycles. The Morgan fingerprint density at radius 3 is 2.33 bits per heavy atom. The second-order valence-corrected chi connectivity index (χ2v) is 5.28. The molecular weight excluding hydrogens is 345 g/mol. The zero-order chi connectivity index (χ0) is 17.5. The van der Waals surface area contributed by atoms with Gasteiger partial charge in [0.15, 0.2) is 5.69 Å². The summed E-state index contributed by atoms with van der Waals surface area (Å²) >= 11 is 5.50. The first-order chi connectivity index (χ1) is 11.3. The van der Waals surface area contributed by atoms with Gasteiger partial charge in [-0.2, -0.15) is 23.0 Å². The molecule has 24 heavy (non-hydrogen) atoms. The van der Waals surface area contributed by atoms with Crippen molar-refractivity contribution in [3.05, 3.63) is 70.1 Å². The van der Waals surface area contributed by atoms with E-state index in [9.17, 15) is 22.8 Å². The van der Waals surface area contributed by atoms with Gasteiger partial charge in [0.2, 0.25) is 0 Å². The summed E-state index contributed by atoms with van der Waals surface area (Å²) in [5, 5.41) is 3.31. The number of nitrogens with zero attached hydrogens (tertiary/aromatic N) is 2. The summed E-state index contributed by atoms with van der Waals surface area (Å²) in [6, 6.07) is 10.2. The molecule has 122 valence electrons. The molecule has 0 aliphatic carbocycles. The lowest BCUT2D eigenvalue weighted by Gasteiger charge is -2.11. The van der Waals surface area contributed by atoms with E-state index in [1.807, 2.05) is 0 Å². The molecule has 0 amide bonds. The van der Waals surface area contributed by atoms with Crippen molar-refractivity contribution in [3.8, 4) is 5.69 Å². The number of carbonyl (C=O) groups excluding carboxylic acids is 1. The first-order valence-corrected chi connectivity index (χ1v) is 7.06. The van der Waals surface area contributed by atoms with Crippen LogP contribution in [0.1, 0.15) is 16.1 Å². The minimum Gasteiger partial charge on any atom is -0.274 e. The lowest BCUT2D eigenvalue weighted by Crippen LogP contribution is -2.24. The van der Waals surface area contributed by atoms with Crippen molar-refractivity contribution in [1.82, 2.24) is 9.78 Å². The number of halogens is 4. The first kappa shape index (κ1) is 16.2. The standard InChI is InChI=1S/C16H8ClF3N2O2/c17-14(23)13-11-6-1-2-7-12(11)15(24)22(21-13)10-5-3-4-9(8-10)16(18,19)20/h1-8H. The molecule has 0 aliphatic rings. The highest BCUT2D eigenvalue weighted by molar-refractivity contribution is 6.68. The number of carbonyl (C=O) groups is 1. The van der Waals surface area contributed by atoms with Gasteiger partial charge in [-0.15, -0.1) is 0 Å². The summed E-state index contributed by atoms with van der Waals surface area (Å²) in [6.45, 7) is 0. The molecule has 0 saturated heterocycles. The summed E-state index contributed by atoms with van der Waals surface area (Å²) in [5.41, 5.74) is -1.89. The van der Waals surface area contributed by atoms with Crippen LogP contribution in [0.4, 0.5) is 13.2 Å². The van der Waals surface area contributed by atoms with Gasteiger partial charge >= 0.3 is 6.18 Å². The molecule has 0 spiro atoms. The highest BCUT2D eigenvalue weighted by Gasteiger charge is 2.30. The molecule has 0 aliphatic heterocycles. The van der Waals surface area contributed by atoms with Gasteiger partial charge < -0.3 is 0 Å². The van der Waals surface area contributed by atoms with Crippen LogP contribution in [0.15, 0.2) is 53.3 Å². The van der Waals surface area contributed by atoms with E-state index in [-0.39, 0.29) is 22.2 Å². The zero-order valence-corrected chi connectivity index (χ0v) is 12.6. The second-order valence-electron chi connectivity index (χ2n) is 4.93. The van der Waals surface area contributed by atoms with E-state index in [0.717, 1.165) is 22.9 Å². The molecule has 0 bridgehead atoms. The van der Waals surface area contributed by atoms with Gasteiger partial charge in [0.25, 0.3) is 10.8 Å². The minimum atomic E-state index is -4.57. The maximum Gasteiger partial charge on any atom is 0.416 e. The number of hydrogen-bond acceptors (Lipinski definition) is 3. The van der Waals surface area contributed by atoms with E-state index in [1.54, 1.807) is 12.1 Å². The topological polar surface area (TPSA) is 52.0 Å². The Hall–Kier alpha value is -2.67. The summed E-state index contributed by atoms with van der Waals surface area (Å²) in [7, 11) is 0. The summed E-state index contributed by atoms with van der Waals surface area (Å²) in [5.74, 6) is 0. The average Bonchev–Trinajstić information content (AvgIpc) is 2.54. The van der Waals surface area contributed by atoms with Crippen LogP contribution in [-0.2, 0) is 6.18 Å². The SMILES string of the molecule is O=C(Cl)c1nn(-c2cccc(C(F)(F)F)c2)c(=O)c2ccccc12. The Bertz CT molecular complexity index is 1010. The number of alkyl halides is 3. The zero-order valence-electron chi connectivity index (χ0n) is 11.8. The monoisotopic (exact) mass is 352 g/mol. The normalized spacial score (nSPS) is 11.7. The van der Waals surface area contributed by atoms with Crippen LogP contribution in [0, 0.1) is 0 Å². The van der Waals surface area contributed by atoms with Gasteiger partial charge in [-0.05, 0) is 35.9 Å². The molecule has 0 unspecified atom stereocenters. The van der Waals surface area contributed by atoms with E-state index in [1.165, 1.54) is 18.2 Å². The number of hydrogen-bond donors (Lipinski definition) is 0. The molecular formula is C16H8ClF3N2O2.